The van der Waals surface area contributed by atoms with Crippen molar-refractivity contribution in [1.82, 2.24) is 5.32 Å². The third kappa shape index (κ3) is 5.01. The highest BCUT2D eigenvalue weighted by Gasteiger charge is 2.19. The number of carbonyl (C=O) groups is 1. The van der Waals surface area contributed by atoms with Gasteiger partial charge in [0.15, 0.2) is 0 Å². The molecule has 1 N–H and O–H groups in total. The van der Waals surface area contributed by atoms with Crippen LogP contribution in [-0.4, -0.2) is 11.7 Å². The van der Waals surface area contributed by atoms with Crippen molar-refractivity contribution in [3.8, 4) is 6.07 Å². The maximum absolute atomic E-state index is 11.8. The van der Waals surface area contributed by atoms with Crippen molar-refractivity contribution in [3.63, 3.8) is 0 Å². The molecule has 0 saturated carbocycles. The van der Waals surface area contributed by atoms with Crippen LogP contribution in [0.5, 0.6) is 0 Å². The minimum atomic E-state index is -0.517. The van der Waals surface area contributed by atoms with Crippen LogP contribution in [0.4, 0.5) is 4.79 Å². The number of carbonyl (C=O) groups excluding carboxylic acids is 1. The maximum Gasteiger partial charge on any atom is 0.408 e. The minimum absolute atomic E-state index is 0.150. The number of alkyl carbamates (subject to hydrolysis) is 1. The van der Waals surface area contributed by atoms with Gasteiger partial charge in [0.25, 0.3) is 0 Å². The Hall–Kier alpha value is -2.02. The lowest BCUT2D eigenvalue weighted by atomic mass is 10.0. The quantitative estimate of drug-likeness (QED) is 0.904. The molecule has 0 aliphatic heterocycles. The van der Waals surface area contributed by atoms with Crippen LogP contribution in [0.3, 0.4) is 0 Å². The number of rotatable bonds is 3. The van der Waals surface area contributed by atoms with Gasteiger partial charge in [0.1, 0.15) is 5.60 Å². The van der Waals surface area contributed by atoms with Crippen molar-refractivity contribution in [2.24, 2.45) is 0 Å². The molecule has 0 spiro atoms. The monoisotopic (exact) mass is 260 g/mol. The fourth-order valence-electron chi connectivity index (χ4n) is 1.70. The molecule has 1 rings (SSSR count). The summed E-state index contributed by atoms with van der Waals surface area (Å²) in [6.45, 7) is 7.44. The fraction of sp³-hybridized carbons (Fsp3) is 0.467. The molecule has 19 heavy (non-hydrogen) atoms. The molecule has 1 aromatic rings. The molecule has 1 unspecified atom stereocenters. The van der Waals surface area contributed by atoms with E-state index in [2.05, 4.69) is 11.4 Å². The molecule has 102 valence electrons. The van der Waals surface area contributed by atoms with Gasteiger partial charge in [0.05, 0.1) is 17.7 Å². The average Bonchev–Trinajstić information content (AvgIpc) is 2.34. The Morgan fingerprint density at radius 2 is 2.16 bits per heavy atom. The molecule has 1 aromatic carbocycles. The Kier molecular flexibility index (Phi) is 4.94. The topological polar surface area (TPSA) is 62.1 Å². The number of nitrogens with one attached hydrogen (secondary N) is 1. The molecule has 0 saturated heterocycles. The number of amides is 1. The van der Waals surface area contributed by atoms with Crippen LogP contribution in [0.2, 0.25) is 0 Å². The van der Waals surface area contributed by atoms with Gasteiger partial charge >= 0.3 is 6.09 Å². The number of hydrogen-bond acceptors (Lipinski definition) is 3. The van der Waals surface area contributed by atoms with E-state index in [1.54, 1.807) is 12.1 Å². The number of ether oxygens (including phenoxy) is 1. The summed E-state index contributed by atoms with van der Waals surface area (Å²) in [5, 5.41) is 11.7. The molecule has 0 heterocycles. The van der Waals surface area contributed by atoms with E-state index in [0.29, 0.717) is 5.56 Å². The standard InChI is InChI=1S/C15H20N2O2/c1-5-13(17-14(18)19-15(2,3)4)12-8-6-7-11(9-12)10-16/h6-9,13H,5H2,1-4H3,(H,17,18). The van der Waals surface area contributed by atoms with E-state index in [0.717, 1.165) is 12.0 Å². The van der Waals surface area contributed by atoms with Crippen molar-refractivity contribution in [3.05, 3.63) is 35.4 Å². The Balaban J connectivity index is 2.78. The molecule has 4 nitrogen and oxygen atoms in total. The van der Waals surface area contributed by atoms with E-state index in [-0.39, 0.29) is 6.04 Å². The zero-order valence-electron chi connectivity index (χ0n) is 11.9. The summed E-state index contributed by atoms with van der Waals surface area (Å²) < 4.78 is 5.23. The van der Waals surface area contributed by atoms with Crippen LogP contribution in [0.15, 0.2) is 24.3 Å². The lowest BCUT2D eigenvalue weighted by molar-refractivity contribution is 0.0502. The van der Waals surface area contributed by atoms with Gasteiger partial charge in [-0.05, 0) is 44.9 Å². The van der Waals surface area contributed by atoms with Crippen molar-refractivity contribution < 1.29 is 9.53 Å². The lowest BCUT2D eigenvalue weighted by Gasteiger charge is -2.23. The highest BCUT2D eigenvalue weighted by atomic mass is 16.6. The molecule has 1 atom stereocenters. The summed E-state index contributed by atoms with van der Waals surface area (Å²) in [4.78, 5) is 11.8. The second-order valence-electron chi connectivity index (χ2n) is 5.34. The van der Waals surface area contributed by atoms with Crippen molar-refractivity contribution >= 4 is 6.09 Å². The van der Waals surface area contributed by atoms with E-state index >= 15 is 0 Å². The van der Waals surface area contributed by atoms with Crippen molar-refractivity contribution in [2.45, 2.75) is 45.8 Å². The number of nitriles is 1. The van der Waals surface area contributed by atoms with Crippen LogP contribution in [-0.2, 0) is 4.74 Å². The number of nitrogens with zero attached hydrogens (tertiary/aromatic N) is 1. The van der Waals surface area contributed by atoms with Gasteiger partial charge in [-0.25, -0.2) is 4.79 Å². The largest absolute Gasteiger partial charge is 0.444 e. The normalized spacial score (nSPS) is 12.4. The molecular formula is C15H20N2O2. The van der Waals surface area contributed by atoms with Crippen molar-refractivity contribution in [1.29, 1.82) is 5.26 Å². The first-order valence-electron chi connectivity index (χ1n) is 6.35. The predicted molar refractivity (Wildman–Crippen MR) is 73.6 cm³/mol. The molecule has 0 aliphatic carbocycles. The second-order valence-corrected chi connectivity index (χ2v) is 5.34. The molecular weight excluding hydrogens is 240 g/mol. The van der Waals surface area contributed by atoms with Gasteiger partial charge in [0.2, 0.25) is 0 Å². The third-order valence-corrected chi connectivity index (χ3v) is 2.52. The summed E-state index contributed by atoms with van der Waals surface area (Å²) >= 11 is 0. The SMILES string of the molecule is CCC(NC(=O)OC(C)(C)C)c1cccc(C#N)c1. The van der Waals surface area contributed by atoms with Crippen LogP contribution in [0.1, 0.15) is 51.3 Å². The van der Waals surface area contributed by atoms with E-state index in [9.17, 15) is 4.79 Å². The first kappa shape index (κ1) is 15.0. The summed E-state index contributed by atoms with van der Waals surface area (Å²) in [5.41, 5.74) is 0.978. The Morgan fingerprint density at radius 3 is 2.68 bits per heavy atom. The summed E-state index contributed by atoms with van der Waals surface area (Å²) in [6.07, 6.45) is 0.287. The van der Waals surface area contributed by atoms with Crippen molar-refractivity contribution in [2.75, 3.05) is 0 Å². The lowest BCUT2D eigenvalue weighted by Crippen LogP contribution is -2.34. The average molecular weight is 260 g/mol. The second kappa shape index (κ2) is 6.24. The smallest absolute Gasteiger partial charge is 0.408 e. The molecule has 0 radical (unpaired) electrons. The van der Waals surface area contributed by atoms with Crippen LogP contribution in [0, 0.1) is 11.3 Å². The minimum Gasteiger partial charge on any atom is -0.444 e. The highest BCUT2D eigenvalue weighted by molar-refractivity contribution is 5.68. The van der Waals surface area contributed by atoms with Gasteiger partial charge in [0, 0.05) is 0 Å². The molecule has 0 fully saturated rings. The van der Waals surface area contributed by atoms with E-state index in [1.807, 2.05) is 39.8 Å². The predicted octanol–water partition coefficient (Wildman–Crippen LogP) is 3.53. The van der Waals surface area contributed by atoms with E-state index < -0.39 is 11.7 Å². The van der Waals surface area contributed by atoms with Gasteiger partial charge in [-0.1, -0.05) is 19.1 Å². The maximum atomic E-state index is 11.8. The van der Waals surface area contributed by atoms with Crippen LogP contribution in [0.25, 0.3) is 0 Å². The molecule has 0 aromatic heterocycles. The summed E-state index contributed by atoms with van der Waals surface area (Å²) in [5.74, 6) is 0. The first-order chi connectivity index (χ1) is 8.85. The summed E-state index contributed by atoms with van der Waals surface area (Å²) in [6, 6.07) is 9.18. The first-order valence-corrected chi connectivity index (χ1v) is 6.35. The molecule has 0 bridgehead atoms. The molecule has 4 heteroatoms. The van der Waals surface area contributed by atoms with Gasteiger partial charge in [-0.15, -0.1) is 0 Å². The summed E-state index contributed by atoms with van der Waals surface area (Å²) in [7, 11) is 0. The third-order valence-electron chi connectivity index (χ3n) is 2.52. The Labute approximate surface area is 114 Å². The van der Waals surface area contributed by atoms with Gasteiger partial charge in [-0.3, -0.25) is 0 Å². The zero-order chi connectivity index (χ0) is 14.5. The highest BCUT2D eigenvalue weighted by Crippen LogP contribution is 2.18. The molecule has 1 amide bonds. The number of hydrogen-bond donors (Lipinski definition) is 1. The van der Waals surface area contributed by atoms with Gasteiger partial charge in [-0.2, -0.15) is 5.26 Å². The van der Waals surface area contributed by atoms with E-state index in [1.165, 1.54) is 0 Å². The molecule has 0 aliphatic rings. The zero-order valence-corrected chi connectivity index (χ0v) is 11.9. The van der Waals surface area contributed by atoms with Crippen LogP contribution < -0.4 is 5.32 Å². The fourth-order valence-corrected chi connectivity index (χ4v) is 1.70. The Bertz CT molecular complexity index is 484. The van der Waals surface area contributed by atoms with Gasteiger partial charge < -0.3 is 10.1 Å². The van der Waals surface area contributed by atoms with E-state index in [4.69, 9.17) is 10.00 Å². The van der Waals surface area contributed by atoms with Crippen LogP contribution >= 0.6 is 0 Å². The Morgan fingerprint density at radius 1 is 1.47 bits per heavy atom. The number of benzene rings is 1.